The van der Waals surface area contributed by atoms with Gasteiger partial charge in [-0.2, -0.15) is 10.2 Å². The van der Waals surface area contributed by atoms with E-state index in [9.17, 15) is 4.79 Å². The Morgan fingerprint density at radius 2 is 1.79 bits per heavy atom. The van der Waals surface area contributed by atoms with Gasteiger partial charge in [0.1, 0.15) is 5.52 Å². The maximum absolute atomic E-state index is 13.3. The van der Waals surface area contributed by atoms with Crippen molar-refractivity contribution < 1.29 is 4.79 Å². The second kappa shape index (κ2) is 9.09. The molecular weight excluding hydrogens is 414 g/mol. The van der Waals surface area contributed by atoms with Gasteiger partial charge in [-0.3, -0.25) is 4.79 Å². The SMILES string of the molecule is CCN1CCN(C(=O)C2CCCN(c3nnc(C)c4c(C)n(-c5ccccc5)nc34)C2)CC1. The summed E-state index contributed by atoms with van der Waals surface area (Å²) >= 11 is 0. The summed E-state index contributed by atoms with van der Waals surface area (Å²) in [5.74, 6) is 1.09. The van der Waals surface area contributed by atoms with E-state index in [0.29, 0.717) is 6.54 Å². The van der Waals surface area contributed by atoms with E-state index < -0.39 is 0 Å². The van der Waals surface area contributed by atoms with Crippen molar-refractivity contribution in [1.82, 2.24) is 29.8 Å². The number of benzene rings is 1. The smallest absolute Gasteiger partial charge is 0.227 e. The van der Waals surface area contributed by atoms with E-state index >= 15 is 0 Å². The Labute approximate surface area is 195 Å². The largest absolute Gasteiger partial charge is 0.352 e. The van der Waals surface area contributed by atoms with Crippen LogP contribution in [0.15, 0.2) is 30.3 Å². The summed E-state index contributed by atoms with van der Waals surface area (Å²) in [6, 6.07) is 10.2. The minimum Gasteiger partial charge on any atom is -0.352 e. The fraction of sp³-hybridized carbons (Fsp3) is 0.520. The first kappa shape index (κ1) is 21.8. The highest BCUT2D eigenvalue weighted by molar-refractivity contribution is 5.92. The average Bonchev–Trinajstić information content (AvgIpc) is 3.22. The Hall–Kier alpha value is -3.00. The summed E-state index contributed by atoms with van der Waals surface area (Å²) < 4.78 is 1.98. The molecule has 0 N–H and O–H groups in total. The molecule has 1 unspecified atom stereocenters. The maximum Gasteiger partial charge on any atom is 0.227 e. The molecule has 2 fully saturated rings. The van der Waals surface area contributed by atoms with Crippen molar-refractivity contribution in [2.24, 2.45) is 5.92 Å². The van der Waals surface area contributed by atoms with Crippen molar-refractivity contribution in [3.63, 3.8) is 0 Å². The lowest BCUT2D eigenvalue weighted by Gasteiger charge is -2.39. The molecule has 2 aliphatic rings. The van der Waals surface area contributed by atoms with Gasteiger partial charge in [-0.15, -0.1) is 5.10 Å². The lowest BCUT2D eigenvalue weighted by molar-refractivity contribution is -0.137. The van der Waals surface area contributed by atoms with Crippen molar-refractivity contribution in [2.45, 2.75) is 33.6 Å². The summed E-state index contributed by atoms with van der Waals surface area (Å²) in [6.45, 7) is 12.5. The summed E-state index contributed by atoms with van der Waals surface area (Å²) in [5, 5.41) is 15.1. The maximum atomic E-state index is 13.3. The van der Waals surface area contributed by atoms with Crippen LogP contribution in [0.4, 0.5) is 5.82 Å². The molecule has 0 spiro atoms. The zero-order chi connectivity index (χ0) is 22.9. The van der Waals surface area contributed by atoms with Crippen LogP contribution in [-0.4, -0.2) is 81.5 Å². The molecule has 2 saturated heterocycles. The number of para-hydroxylation sites is 1. The Kier molecular flexibility index (Phi) is 6.01. The number of piperazine rings is 1. The van der Waals surface area contributed by atoms with Gasteiger partial charge in [0.25, 0.3) is 0 Å². The van der Waals surface area contributed by atoms with E-state index in [2.05, 4.69) is 50.9 Å². The van der Waals surface area contributed by atoms with Crippen LogP contribution in [0.2, 0.25) is 0 Å². The number of carbonyl (C=O) groups is 1. The molecule has 0 radical (unpaired) electrons. The standard InChI is InChI=1S/C25H33N7O/c1-4-29-13-15-30(16-14-29)25(33)20-9-8-12-31(17-20)24-23-22(18(2)26-27-24)19(3)32(28-23)21-10-6-5-7-11-21/h5-7,10-11,20H,4,8-9,12-17H2,1-3H3. The average molecular weight is 448 g/mol. The molecule has 1 amide bonds. The third-order valence-electron chi connectivity index (χ3n) is 7.19. The van der Waals surface area contributed by atoms with Gasteiger partial charge in [0.05, 0.1) is 28.4 Å². The van der Waals surface area contributed by atoms with E-state index in [1.165, 1.54) is 0 Å². The van der Waals surface area contributed by atoms with Gasteiger partial charge < -0.3 is 14.7 Å². The first-order valence-electron chi connectivity index (χ1n) is 12.1. The minimum absolute atomic E-state index is 0.00221. The van der Waals surface area contributed by atoms with Gasteiger partial charge in [0.15, 0.2) is 5.82 Å². The van der Waals surface area contributed by atoms with Crippen molar-refractivity contribution in [3.8, 4) is 5.69 Å². The molecule has 8 nitrogen and oxygen atoms in total. The fourth-order valence-electron chi connectivity index (χ4n) is 5.26. The van der Waals surface area contributed by atoms with Crippen molar-refractivity contribution in [1.29, 1.82) is 0 Å². The molecule has 1 atom stereocenters. The quantitative estimate of drug-likeness (QED) is 0.613. The van der Waals surface area contributed by atoms with E-state index in [-0.39, 0.29) is 11.8 Å². The number of carbonyl (C=O) groups excluding carboxylic acids is 1. The Balaban J connectivity index is 1.42. The third kappa shape index (κ3) is 4.08. The van der Waals surface area contributed by atoms with Gasteiger partial charge in [0, 0.05) is 39.3 Å². The Morgan fingerprint density at radius 3 is 2.52 bits per heavy atom. The van der Waals surface area contributed by atoms with Gasteiger partial charge in [-0.1, -0.05) is 25.1 Å². The minimum atomic E-state index is 0.00221. The van der Waals surface area contributed by atoms with Crippen molar-refractivity contribution >= 4 is 22.6 Å². The summed E-state index contributed by atoms with van der Waals surface area (Å²) in [7, 11) is 0. The molecule has 1 aromatic carbocycles. The number of anilines is 1. The lowest BCUT2D eigenvalue weighted by Crippen LogP contribution is -2.52. The molecule has 174 valence electrons. The molecule has 2 aromatic heterocycles. The van der Waals surface area contributed by atoms with Crippen LogP contribution in [0.3, 0.4) is 0 Å². The highest BCUT2D eigenvalue weighted by atomic mass is 16.2. The van der Waals surface area contributed by atoms with Gasteiger partial charge in [-0.25, -0.2) is 4.68 Å². The van der Waals surface area contributed by atoms with Crippen LogP contribution < -0.4 is 4.90 Å². The zero-order valence-corrected chi connectivity index (χ0v) is 19.9. The van der Waals surface area contributed by atoms with E-state index in [4.69, 9.17) is 5.10 Å². The fourth-order valence-corrected chi connectivity index (χ4v) is 5.26. The predicted molar refractivity (Wildman–Crippen MR) is 130 cm³/mol. The van der Waals surface area contributed by atoms with Crippen LogP contribution in [0.25, 0.3) is 16.6 Å². The number of hydrogen-bond donors (Lipinski definition) is 0. The first-order valence-corrected chi connectivity index (χ1v) is 12.1. The number of fused-ring (bicyclic) bond motifs is 1. The number of nitrogens with zero attached hydrogens (tertiary/aromatic N) is 7. The highest BCUT2D eigenvalue weighted by Gasteiger charge is 2.32. The van der Waals surface area contributed by atoms with Crippen LogP contribution in [-0.2, 0) is 4.79 Å². The number of amides is 1. The van der Waals surface area contributed by atoms with Crippen molar-refractivity contribution in [3.05, 3.63) is 41.7 Å². The van der Waals surface area contributed by atoms with Crippen LogP contribution >= 0.6 is 0 Å². The Morgan fingerprint density at radius 1 is 1.03 bits per heavy atom. The molecule has 0 saturated carbocycles. The van der Waals surface area contributed by atoms with Gasteiger partial charge in [0.2, 0.25) is 5.91 Å². The van der Waals surface area contributed by atoms with Crippen LogP contribution in [0.1, 0.15) is 31.2 Å². The van der Waals surface area contributed by atoms with Gasteiger partial charge >= 0.3 is 0 Å². The highest BCUT2D eigenvalue weighted by Crippen LogP contribution is 2.32. The lowest BCUT2D eigenvalue weighted by atomic mass is 9.96. The number of aromatic nitrogens is 4. The molecule has 0 aliphatic carbocycles. The molecule has 5 rings (SSSR count). The van der Waals surface area contributed by atoms with Crippen LogP contribution in [0.5, 0.6) is 0 Å². The van der Waals surface area contributed by atoms with E-state index in [0.717, 1.165) is 85.9 Å². The third-order valence-corrected chi connectivity index (χ3v) is 7.19. The topological polar surface area (TPSA) is 70.4 Å². The van der Waals surface area contributed by atoms with Crippen LogP contribution in [0, 0.1) is 19.8 Å². The summed E-state index contributed by atoms with van der Waals surface area (Å²) in [4.78, 5) is 20.0. The molecule has 4 heterocycles. The van der Waals surface area contributed by atoms with Crippen molar-refractivity contribution in [2.75, 3.05) is 50.7 Å². The number of hydrogen-bond acceptors (Lipinski definition) is 6. The second-order valence-electron chi connectivity index (χ2n) is 9.21. The predicted octanol–water partition coefficient (Wildman–Crippen LogP) is 2.81. The monoisotopic (exact) mass is 447 g/mol. The molecule has 33 heavy (non-hydrogen) atoms. The normalized spacial score (nSPS) is 19.9. The molecular formula is C25H33N7O. The number of rotatable bonds is 4. The zero-order valence-electron chi connectivity index (χ0n) is 19.9. The Bertz CT molecular complexity index is 1130. The number of aryl methyl sites for hydroxylation is 2. The van der Waals surface area contributed by atoms with E-state index in [1.54, 1.807) is 0 Å². The molecule has 3 aromatic rings. The molecule has 0 bridgehead atoms. The van der Waals surface area contributed by atoms with Gasteiger partial charge in [-0.05, 0) is 45.4 Å². The second-order valence-corrected chi connectivity index (χ2v) is 9.21. The molecule has 8 heteroatoms. The molecule has 2 aliphatic heterocycles. The number of piperidine rings is 1. The van der Waals surface area contributed by atoms with E-state index in [1.807, 2.05) is 29.8 Å². The first-order chi connectivity index (χ1) is 16.1. The number of likely N-dealkylation sites (N-methyl/N-ethyl adjacent to an activating group) is 1. The summed E-state index contributed by atoms with van der Waals surface area (Å²) in [6.07, 6.45) is 1.91. The summed E-state index contributed by atoms with van der Waals surface area (Å²) in [5.41, 5.74) is 3.83.